The highest BCUT2D eigenvalue weighted by atomic mass is 16.5. The molecule has 1 saturated carbocycles. The fourth-order valence-electron chi connectivity index (χ4n) is 2.42. The van der Waals surface area contributed by atoms with E-state index in [1.165, 1.54) is 0 Å². The normalized spacial score (nSPS) is 21.0. The minimum absolute atomic E-state index is 0.0717. The van der Waals surface area contributed by atoms with Crippen molar-refractivity contribution in [1.82, 2.24) is 10.6 Å². The van der Waals surface area contributed by atoms with Crippen LogP contribution in [0.3, 0.4) is 0 Å². The molecule has 2 rings (SSSR count). The Kier molecular flexibility index (Phi) is 5.76. The summed E-state index contributed by atoms with van der Waals surface area (Å²) >= 11 is 0. The van der Waals surface area contributed by atoms with E-state index in [0.29, 0.717) is 0 Å². The van der Waals surface area contributed by atoms with Gasteiger partial charge in [0.1, 0.15) is 6.61 Å². The van der Waals surface area contributed by atoms with Crippen LogP contribution in [0.5, 0.6) is 0 Å². The van der Waals surface area contributed by atoms with Gasteiger partial charge in [0, 0.05) is 12.1 Å². The Bertz CT molecular complexity index is 470. The molecule has 1 aliphatic carbocycles. The van der Waals surface area contributed by atoms with Gasteiger partial charge >= 0.3 is 6.09 Å². The highest BCUT2D eigenvalue weighted by Crippen LogP contribution is 2.22. The molecule has 0 heterocycles. The van der Waals surface area contributed by atoms with Crippen molar-refractivity contribution >= 4 is 6.09 Å². The molecule has 1 aliphatic rings. The number of benzene rings is 1. The van der Waals surface area contributed by atoms with Crippen LogP contribution in [0.4, 0.5) is 4.79 Å². The number of alkyl carbamates (subject to hydrolysis) is 1. The lowest BCUT2D eigenvalue weighted by atomic mass is 9.85. The SMILES string of the molecule is CC(CO)(CO)NC1CC(NC(=O)OCc2ccccc2)C1. The standard InChI is InChI=1S/C16H24N2O4/c1-16(10-19,11-20)18-14-7-13(8-14)17-15(21)22-9-12-5-3-2-4-6-12/h2-6,13-14,18-20H,7-11H2,1H3,(H,17,21). The number of rotatable bonds is 7. The van der Waals surface area contributed by atoms with E-state index in [4.69, 9.17) is 4.74 Å². The van der Waals surface area contributed by atoms with Gasteiger partial charge in [0.05, 0.1) is 18.8 Å². The van der Waals surface area contributed by atoms with E-state index in [2.05, 4.69) is 10.6 Å². The van der Waals surface area contributed by atoms with E-state index < -0.39 is 11.6 Å². The number of ether oxygens (including phenoxy) is 1. The van der Waals surface area contributed by atoms with Crippen LogP contribution >= 0.6 is 0 Å². The number of carbonyl (C=O) groups excluding carboxylic acids is 1. The Balaban J connectivity index is 1.64. The molecule has 1 aromatic rings. The van der Waals surface area contributed by atoms with E-state index in [9.17, 15) is 15.0 Å². The van der Waals surface area contributed by atoms with Gasteiger partial charge in [-0.15, -0.1) is 0 Å². The lowest BCUT2D eigenvalue weighted by Gasteiger charge is -2.41. The molecular formula is C16H24N2O4. The zero-order valence-corrected chi connectivity index (χ0v) is 12.8. The number of aliphatic hydroxyl groups excluding tert-OH is 2. The van der Waals surface area contributed by atoms with Crippen molar-refractivity contribution in [3.05, 3.63) is 35.9 Å². The van der Waals surface area contributed by atoms with Crippen LogP contribution in [0, 0.1) is 0 Å². The summed E-state index contributed by atoms with van der Waals surface area (Å²) in [6.45, 7) is 1.77. The molecule has 6 heteroatoms. The average molecular weight is 308 g/mol. The predicted molar refractivity (Wildman–Crippen MR) is 82.3 cm³/mol. The molecule has 0 unspecified atom stereocenters. The highest BCUT2D eigenvalue weighted by molar-refractivity contribution is 5.67. The maximum Gasteiger partial charge on any atom is 0.407 e. The quantitative estimate of drug-likeness (QED) is 0.597. The van der Waals surface area contributed by atoms with Crippen molar-refractivity contribution in [2.24, 2.45) is 0 Å². The van der Waals surface area contributed by atoms with Gasteiger partial charge in [-0.2, -0.15) is 0 Å². The summed E-state index contributed by atoms with van der Waals surface area (Å²) < 4.78 is 5.16. The number of aliphatic hydroxyl groups is 2. The van der Waals surface area contributed by atoms with Crippen molar-refractivity contribution in [3.8, 4) is 0 Å². The summed E-state index contributed by atoms with van der Waals surface area (Å²) in [7, 11) is 0. The van der Waals surface area contributed by atoms with Gasteiger partial charge in [-0.05, 0) is 25.3 Å². The van der Waals surface area contributed by atoms with Gasteiger partial charge in [0.25, 0.3) is 0 Å². The van der Waals surface area contributed by atoms with Gasteiger partial charge in [0.2, 0.25) is 0 Å². The van der Waals surface area contributed by atoms with Crippen LogP contribution in [0.1, 0.15) is 25.3 Å². The monoisotopic (exact) mass is 308 g/mol. The summed E-state index contributed by atoms with van der Waals surface area (Å²) in [5.74, 6) is 0. The first-order valence-corrected chi connectivity index (χ1v) is 7.51. The summed E-state index contributed by atoms with van der Waals surface area (Å²) in [4.78, 5) is 11.7. The van der Waals surface area contributed by atoms with Gasteiger partial charge < -0.3 is 25.6 Å². The molecule has 0 radical (unpaired) electrons. The van der Waals surface area contributed by atoms with Gasteiger partial charge in [-0.25, -0.2) is 4.79 Å². The zero-order valence-electron chi connectivity index (χ0n) is 12.8. The number of carbonyl (C=O) groups is 1. The fraction of sp³-hybridized carbons (Fsp3) is 0.562. The van der Waals surface area contributed by atoms with E-state index in [0.717, 1.165) is 18.4 Å². The molecule has 122 valence electrons. The second kappa shape index (κ2) is 7.58. The lowest BCUT2D eigenvalue weighted by Crippen LogP contribution is -2.60. The number of amides is 1. The molecule has 4 N–H and O–H groups in total. The van der Waals surface area contributed by atoms with E-state index in [1.807, 2.05) is 30.3 Å². The smallest absolute Gasteiger partial charge is 0.407 e. The number of hydrogen-bond donors (Lipinski definition) is 4. The van der Waals surface area contributed by atoms with Crippen molar-refractivity contribution in [2.45, 2.75) is 44.0 Å². The maximum absolute atomic E-state index is 11.7. The molecular weight excluding hydrogens is 284 g/mol. The van der Waals surface area contributed by atoms with Crippen LogP contribution in [0.2, 0.25) is 0 Å². The molecule has 0 atom stereocenters. The minimum atomic E-state index is -0.677. The highest BCUT2D eigenvalue weighted by Gasteiger charge is 2.35. The third kappa shape index (κ3) is 4.69. The van der Waals surface area contributed by atoms with Gasteiger partial charge in [-0.1, -0.05) is 30.3 Å². The summed E-state index contributed by atoms with van der Waals surface area (Å²) in [6, 6.07) is 9.78. The summed E-state index contributed by atoms with van der Waals surface area (Å²) in [5, 5.41) is 24.5. The predicted octanol–water partition coefficient (Wildman–Crippen LogP) is 0.777. The lowest BCUT2D eigenvalue weighted by molar-refractivity contribution is 0.0721. The largest absolute Gasteiger partial charge is 0.445 e. The zero-order chi connectivity index (χ0) is 16.0. The third-order valence-electron chi connectivity index (χ3n) is 3.92. The fourth-order valence-corrected chi connectivity index (χ4v) is 2.42. The van der Waals surface area contributed by atoms with Gasteiger partial charge in [0.15, 0.2) is 0 Å². The Morgan fingerprint density at radius 1 is 1.23 bits per heavy atom. The van der Waals surface area contributed by atoms with Crippen LogP contribution in [0.15, 0.2) is 30.3 Å². The van der Waals surface area contributed by atoms with Crippen molar-refractivity contribution < 1.29 is 19.7 Å². The first-order chi connectivity index (χ1) is 10.5. The average Bonchev–Trinajstić information content (AvgIpc) is 2.51. The number of nitrogens with one attached hydrogen (secondary N) is 2. The van der Waals surface area contributed by atoms with E-state index in [-0.39, 0.29) is 31.9 Å². The molecule has 0 saturated heterocycles. The Hall–Kier alpha value is -1.63. The van der Waals surface area contributed by atoms with E-state index >= 15 is 0 Å². The Morgan fingerprint density at radius 3 is 2.45 bits per heavy atom. The first-order valence-electron chi connectivity index (χ1n) is 7.51. The first kappa shape index (κ1) is 16.7. The third-order valence-corrected chi connectivity index (χ3v) is 3.92. The molecule has 1 aromatic carbocycles. The Labute approximate surface area is 130 Å². The second-order valence-electron chi connectivity index (χ2n) is 6.09. The Morgan fingerprint density at radius 2 is 1.86 bits per heavy atom. The maximum atomic E-state index is 11.7. The summed E-state index contributed by atoms with van der Waals surface area (Å²) in [5.41, 5.74) is 0.274. The van der Waals surface area contributed by atoms with Crippen LogP contribution in [-0.4, -0.2) is 47.1 Å². The minimum Gasteiger partial charge on any atom is -0.445 e. The van der Waals surface area contributed by atoms with Crippen molar-refractivity contribution in [2.75, 3.05) is 13.2 Å². The van der Waals surface area contributed by atoms with Crippen molar-refractivity contribution in [3.63, 3.8) is 0 Å². The molecule has 0 aliphatic heterocycles. The summed E-state index contributed by atoms with van der Waals surface area (Å²) in [6.07, 6.45) is 1.10. The van der Waals surface area contributed by atoms with Crippen LogP contribution < -0.4 is 10.6 Å². The van der Waals surface area contributed by atoms with Crippen LogP contribution in [0.25, 0.3) is 0 Å². The number of hydrogen-bond acceptors (Lipinski definition) is 5. The van der Waals surface area contributed by atoms with Crippen LogP contribution in [-0.2, 0) is 11.3 Å². The second-order valence-corrected chi connectivity index (χ2v) is 6.09. The molecule has 1 amide bonds. The molecule has 0 spiro atoms. The topological polar surface area (TPSA) is 90.8 Å². The molecule has 1 fully saturated rings. The van der Waals surface area contributed by atoms with Gasteiger partial charge in [-0.3, -0.25) is 0 Å². The molecule has 0 aromatic heterocycles. The molecule has 0 bridgehead atoms. The molecule has 6 nitrogen and oxygen atoms in total. The van der Waals surface area contributed by atoms with E-state index in [1.54, 1.807) is 6.92 Å². The molecule has 22 heavy (non-hydrogen) atoms. The van der Waals surface area contributed by atoms with Crippen molar-refractivity contribution in [1.29, 1.82) is 0 Å².